The van der Waals surface area contributed by atoms with Gasteiger partial charge in [-0.25, -0.2) is 0 Å². The molecule has 0 radical (unpaired) electrons. The Morgan fingerprint density at radius 2 is 2.04 bits per heavy atom. The number of methoxy groups -OCH3 is 1. The number of anilines is 2. The van der Waals surface area contributed by atoms with Gasteiger partial charge in [-0.15, -0.1) is 24.0 Å². The zero-order valence-electron chi connectivity index (χ0n) is 15.8. The first-order valence-electron chi connectivity index (χ1n) is 8.63. The third kappa shape index (κ3) is 4.91. The number of para-hydroxylation sites is 1. The molecule has 0 bridgehead atoms. The number of hydrogen-bond acceptors (Lipinski definition) is 3. The average Bonchev–Trinajstić information content (AvgIpc) is 3.06. The van der Waals surface area contributed by atoms with E-state index in [0.29, 0.717) is 18.0 Å². The number of rotatable bonds is 4. The maximum atomic E-state index is 11.4. The molecule has 1 amide bonds. The molecule has 1 aliphatic heterocycles. The van der Waals surface area contributed by atoms with E-state index in [1.807, 2.05) is 24.3 Å². The molecule has 2 N–H and O–H groups in total. The van der Waals surface area contributed by atoms with Crippen LogP contribution in [0.1, 0.15) is 18.1 Å². The SMILES string of the molecule is CN=C(NCc1ccc(OC)c(NC(C)=O)c1)N1CCc2ccccc21.I. The zero-order chi connectivity index (χ0) is 18.5. The molecule has 0 saturated heterocycles. The van der Waals surface area contributed by atoms with Gasteiger partial charge < -0.3 is 20.3 Å². The van der Waals surface area contributed by atoms with E-state index in [2.05, 4.69) is 38.7 Å². The van der Waals surface area contributed by atoms with Gasteiger partial charge in [0.1, 0.15) is 5.75 Å². The van der Waals surface area contributed by atoms with Gasteiger partial charge in [-0.2, -0.15) is 0 Å². The first-order chi connectivity index (χ1) is 12.6. The van der Waals surface area contributed by atoms with Crippen LogP contribution in [-0.2, 0) is 17.8 Å². The molecule has 2 aromatic carbocycles. The summed E-state index contributed by atoms with van der Waals surface area (Å²) in [5.41, 5.74) is 4.24. The Morgan fingerprint density at radius 3 is 2.74 bits per heavy atom. The van der Waals surface area contributed by atoms with Gasteiger partial charge in [0, 0.05) is 32.7 Å². The second-order valence-electron chi connectivity index (χ2n) is 6.15. The lowest BCUT2D eigenvalue weighted by Crippen LogP contribution is -2.40. The molecule has 0 atom stereocenters. The fraction of sp³-hybridized carbons (Fsp3) is 0.300. The topological polar surface area (TPSA) is 66.0 Å². The summed E-state index contributed by atoms with van der Waals surface area (Å²) in [6.45, 7) is 3.00. The highest BCUT2D eigenvalue weighted by molar-refractivity contribution is 14.0. The van der Waals surface area contributed by atoms with E-state index < -0.39 is 0 Å². The van der Waals surface area contributed by atoms with Crippen molar-refractivity contribution in [1.29, 1.82) is 0 Å². The standard InChI is InChI=1S/C20H24N4O2.HI/c1-14(25)23-17-12-15(8-9-19(17)26-3)13-22-20(21-2)24-11-10-16-6-4-5-7-18(16)24;/h4-9,12H,10-11,13H2,1-3H3,(H,21,22)(H,23,25);1H. The smallest absolute Gasteiger partial charge is 0.221 e. The maximum absolute atomic E-state index is 11.4. The summed E-state index contributed by atoms with van der Waals surface area (Å²) in [4.78, 5) is 18.0. The van der Waals surface area contributed by atoms with Crippen LogP contribution in [0.15, 0.2) is 47.5 Å². The van der Waals surface area contributed by atoms with Gasteiger partial charge in [0.15, 0.2) is 5.96 Å². The number of ether oxygens (including phenoxy) is 1. The summed E-state index contributed by atoms with van der Waals surface area (Å²) < 4.78 is 5.30. The number of fused-ring (bicyclic) bond motifs is 1. The first kappa shape index (κ1) is 21.0. The third-order valence-corrected chi connectivity index (χ3v) is 4.38. The lowest BCUT2D eigenvalue weighted by atomic mass is 10.1. The Labute approximate surface area is 177 Å². The molecule has 0 aliphatic carbocycles. The van der Waals surface area contributed by atoms with Crippen LogP contribution >= 0.6 is 24.0 Å². The summed E-state index contributed by atoms with van der Waals surface area (Å²) in [6.07, 6.45) is 1.02. The quantitative estimate of drug-likeness (QED) is 0.400. The molecular formula is C20H25IN4O2. The summed E-state index contributed by atoms with van der Waals surface area (Å²) in [6, 6.07) is 14.1. The second kappa shape index (κ2) is 9.59. The average molecular weight is 480 g/mol. The van der Waals surface area contributed by atoms with E-state index in [4.69, 9.17) is 4.74 Å². The summed E-state index contributed by atoms with van der Waals surface area (Å²) >= 11 is 0. The number of amides is 1. The molecule has 1 heterocycles. The Kier molecular flexibility index (Phi) is 7.46. The molecule has 0 fully saturated rings. The summed E-state index contributed by atoms with van der Waals surface area (Å²) in [5.74, 6) is 1.35. The summed E-state index contributed by atoms with van der Waals surface area (Å²) in [7, 11) is 3.38. The van der Waals surface area contributed by atoms with Crippen molar-refractivity contribution in [2.75, 3.05) is 30.9 Å². The summed E-state index contributed by atoms with van der Waals surface area (Å²) in [5, 5.41) is 6.21. The van der Waals surface area contributed by atoms with Crippen LogP contribution < -0.4 is 20.3 Å². The number of hydrogen-bond donors (Lipinski definition) is 2. The molecular weight excluding hydrogens is 455 g/mol. The van der Waals surface area contributed by atoms with E-state index >= 15 is 0 Å². The minimum atomic E-state index is -0.127. The second-order valence-corrected chi connectivity index (χ2v) is 6.15. The van der Waals surface area contributed by atoms with Gasteiger partial charge >= 0.3 is 0 Å². The van der Waals surface area contributed by atoms with Gasteiger partial charge in [-0.3, -0.25) is 9.79 Å². The third-order valence-electron chi connectivity index (χ3n) is 4.38. The van der Waals surface area contributed by atoms with Crippen LogP contribution in [0.3, 0.4) is 0 Å². The molecule has 144 valence electrons. The largest absolute Gasteiger partial charge is 0.495 e. The van der Waals surface area contributed by atoms with Crippen molar-refractivity contribution in [2.45, 2.75) is 19.9 Å². The minimum absolute atomic E-state index is 0. The van der Waals surface area contributed by atoms with Crippen molar-refractivity contribution in [2.24, 2.45) is 4.99 Å². The predicted molar refractivity (Wildman–Crippen MR) is 120 cm³/mol. The predicted octanol–water partition coefficient (Wildman–Crippen LogP) is 3.41. The van der Waals surface area contributed by atoms with Crippen molar-refractivity contribution in [3.05, 3.63) is 53.6 Å². The Hall–Kier alpha value is -2.29. The van der Waals surface area contributed by atoms with E-state index in [1.54, 1.807) is 14.2 Å². The Bertz CT molecular complexity index is 838. The molecule has 3 rings (SSSR count). The molecule has 6 nitrogen and oxygen atoms in total. The molecule has 0 unspecified atom stereocenters. The van der Waals surface area contributed by atoms with Crippen molar-refractivity contribution < 1.29 is 9.53 Å². The van der Waals surface area contributed by atoms with Gasteiger partial charge in [0.05, 0.1) is 12.8 Å². The van der Waals surface area contributed by atoms with Crippen LogP contribution in [0, 0.1) is 0 Å². The highest BCUT2D eigenvalue weighted by Crippen LogP contribution is 2.28. The van der Waals surface area contributed by atoms with Crippen LogP contribution in [-0.4, -0.2) is 32.6 Å². The number of benzene rings is 2. The number of nitrogens with one attached hydrogen (secondary N) is 2. The monoisotopic (exact) mass is 480 g/mol. The number of nitrogens with zero attached hydrogens (tertiary/aromatic N) is 2. The molecule has 27 heavy (non-hydrogen) atoms. The molecule has 0 aromatic heterocycles. The van der Waals surface area contributed by atoms with Crippen molar-refractivity contribution in [1.82, 2.24) is 5.32 Å². The molecule has 7 heteroatoms. The van der Waals surface area contributed by atoms with Crippen LogP contribution in [0.2, 0.25) is 0 Å². The number of halogens is 1. The minimum Gasteiger partial charge on any atom is -0.495 e. The van der Waals surface area contributed by atoms with E-state index in [9.17, 15) is 4.79 Å². The van der Waals surface area contributed by atoms with E-state index in [1.165, 1.54) is 18.2 Å². The molecule has 0 saturated carbocycles. The highest BCUT2D eigenvalue weighted by Gasteiger charge is 2.22. The number of guanidine groups is 1. The van der Waals surface area contributed by atoms with Gasteiger partial charge in [-0.1, -0.05) is 24.3 Å². The fourth-order valence-electron chi connectivity index (χ4n) is 3.19. The van der Waals surface area contributed by atoms with Gasteiger partial charge in [-0.05, 0) is 35.7 Å². The lowest BCUT2D eigenvalue weighted by molar-refractivity contribution is -0.114. The Balaban J connectivity index is 0.00000261. The molecule has 1 aliphatic rings. The fourth-order valence-corrected chi connectivity index (χ4v) is 3.19. The van der Waals surface area contributed by atoms with Crippen LogP contribution in [0.4, 0.5) is 11.4 Å². The molecule has 2 aromatic rings. The van der Waals surface area contributed by atoms with Gasteiger partial charge in [0.2, 0.25) is 5.91 Å². The normalized spacial score (nSPS) is 12.9. The van der Waals surface area contributed by atoms with E-state index in [0.717, 1.165) is 24.5 Å². The maximum Gasteiger partial charge on any atom is 0.221 e. The first-order valence-corrected chi connectivity index (χ1v) is 8.63. The molecule has 0 spiro atoms. The van der Waals surface area contributed by atoms with Crippen molar-refractivity contribution in [3.8, 4) is 5.75 Å². The van der Waals surface area contributed by atoms with Crippen LogP contribution in [0.25, 0.3) is 0 Å². The van der Waals surface area contributed by atoms with Crippen molar-refractivity contribution >= 4 is 47.2 Å². The number of carbonyl (C=O) groups excluding carboxylic acids is 1. The highest BCUT2D eigenvalue weighted by atomic mass is 127. The zero-order valence-corrected chi connectivity index (χ0v) is 18.1. The van der Waals surface area contributed by atoms with E-state index in [-0.39, 0.29) is 29.9 Å². The van der Waals surface area contributed by atoms with Crippen LogP contribution in [0.5, 0.6) is 5.75 Å². The number of aliphatic imine (C=N–C) groups is 1. The van der Waals surface area contributed by atoms with Gasteiger partial charge in [0.25, 0.3) is 0 Å². The van der Waals surface area contributed by atoms with Crippen molar-refractivity contribution in [3.63, 3.8) is 0 Å². The Morgan fingerprint density at radius 1 is 1.26 bits per heavy atom. The lowest BCUT2D eigenvalue weighted by Gasteiger charge is -2.22. The number of carbonyl (C=O) groups is 1.